The van der Waals surface area contributed by atoms with Gasteiger partial charge in [-0.1, -0.05) is 18.2 Å². The number of hydrogen-bond donors (Lipinski definition) is 2. The first kappa shape index (κ1) is 14.3. The number of phenols is 1. The summed E-state index contributed by atoms with van der Waals surface area (Å²) in [6.45, 7) is 2.52. The van der Waals surface area contributed by atoms with Crippen LogP contribution >= 0.6 is 0 Å². The van der Waals surface area contributed by atoms with E-state index in [0.29, 0.717) is 12.3 Å². The fraction of sp³-hybridized carbons (Fsp3) is 0.250. The van der Waals surface area contributed by atoms with Crippen molar-refractivity contribution < 1.29 is 14.2 Å². The van der Waals surface area contributed by atoms with Crippen LogP contribution in [0.2, 0.25) is 0 Å². The zero-order valence-electron chi connectivity index (χ0n) is 11.6. The number of benzene rings is 2. The number of phenolic OH excluding ortho intramolecular Hbond substituents is 1. The second kappa shape index (κ2) is 6.39. The lowest BCUT2D eigenvalue weighted by molar-refractivity contribution is 0.405. The van der Waals surface area contributed by atoms with E-state index in [2.05, 4.69) is 5.32 Å². The molecule has 2 N–H and O–H groups in total. The molecule has 1 unspecified atom stereocenters. The summed E-state index contributed by atoms with van der Waals surface area (Å²) >= 11 is 0. The van der Waals surface area contributed by atoms with E-state index in [1.807, 2.05) is 13.0 Å². The minimum atomic E-state index is -0.242. The molecule has 0 aliphatic rings. The number of rotatable bonds is 5. The van der Waals surface area contributed by atoms with Crippen LogP contribution in [0.15, 0.2) is 42.5 Å². The largest absolute Gasteiger partial charge is 0.507 e. The Morgan fingerprint density at radius 2 is 1.90 bits per heavy atom. The summed E-state index contributed by atoms with van der Waals surface area (Å²) in [5, 5.41) is 13.2. The first-order chi connectivity index (χ1) is 9.60. The van der Waals surface area contributed by atoms with Gasteiger partial charge in [0.15, 0.2) is 0 Å². The fourth-order valence-electron chi connectivity index (χ4n) is 1.95. The predicted octanol–water partition coefficient (Wildman–Crippen LogP) is 3.39. The van der Waals surface area contributed by atoms with Crippen LogP contribution < -0.4 is 10.1 Å². The molecule has 0 fully saturated rings. The van der Waals surface area contributed by atoms with Gasteiger partial charge in [0.25, 0.3) is 0 Å². The summed E-state index contributed by atoms with van der Waals surface area (Å²) in [5.74, 6) is 0.578. The van der Waals surface area contributed by atoms with E-state index in [1.165, 1.54) is 12.1 Å². The second-order valence-corrected chi connectivity index (χ2v) is 4.65. The predicted molar refractivity (Wildman–Crippen MR) is 76.3 cm³/mol. The molecule has 0 aliphatic carbocycles. The first-order valence-electron chi connectivity index (χ1n) is 6.45. The van der Waals surface area contributed by atoms with Gasteiger partial charge in [-0.25, -0.2) is 4.39 Å². The van der Waals surface area contributed by atoms with Gasteiger partial charge in [-0.15, -0.1) is 0 Å². The third-order valence-corrected chi connectivity index (χ3v) is 3.26. The fourth-order valence-corrected chi connectivity index (χ4v) is 1.95. The Morgan fingerprint density at radius 3 is 2.50 bits per heavy atom. The zero-order valence-corrected chi connectivity index (χ0v) is 11.6. The molecular formula is C16H18FNO2. The van der Waals surface area contributed by atoms with Crippen LogP contribution in [0.5, 0.6) is 11.5 Å². The van der Waals surface area contributed by atoms with Crippen molar-refractivity contribution in [2.45, 2.75) is 19.5 Å². The average molecular weight is 275 g/mol. The molecule has 0 aromatic heterocycles. The lowest BCUT2D eigenvalue weighted by Crippen LogP contribution is -2.18. The SMILES string of the molecule is COc1ccc(CNC(C)c2ccc(F)cc2)c(O)c1. The van der Waals surface area contributed by atoms with Gasteiger partial charge in [0.1, 0.15) is 17.3 Å². The van der Waals surface area contributed by atoms with Crippen LogP contribution in [-0.2, 0) is 6.54 Å². The summed E-state index contributed by atoms with van der Waals surface area (Å²) in [6.07, 6.45) is 0. The summed E-state index contributed by atoms with van der Waals surface area (Å²) in [7, 11) is 1.56. The van der Waals surface area contributed by atoms with Gasteiger partial charge in [-0.2, -0.15) is 0 Å². The average Bonchev–Trinajstić information content (AvgIpc) is 2.46. The molecule has 3 nitrogen and oxygen atoms in total. The zero-order chi connectivity index (χ0) is 14.5. The maximum absolute atomic E-state index is 12.9. The molecule has 2 aromatic carbocycles. The van der Waals surface area contributed by atoms with Crippen molar-refractivity contribution in [2.24, 2.45) is 0 Å². The van der Waals surface area contributed by atoms with E-state index in [1.54, 1.807) is 31.4 Å². The molecule has 0 radical (unpaired) electrons. The van der Waals surface area contributed by atoms with E-state index in [-0.39, 0.29) is 17.6 Å². The van der Waals surface area contributed by atoms with Gasteiger partial charge in [0.05, 0.1) is 7.11 Å². The highest BCUT2D eigenvalue weighted by Crippen LogP contribution is 2.24. The van der Waals surface area contributed by atoms with Gasteiger partial charge in [-0.3, -0.25) is 0 Å². The minimum Gasteiger partial charge on any atom is -0.507 e. The number of ether oxygens (including phenoxy) is 1. The van der Waals surface area contributed by atoms with E-state index < -0.39 is 0 Å². The number of aromatic hydroxyl groups is 1. The minimum absolute atomic E-state index is 0.0668. The monoisotopic (exact) mass is 275 g/mol. The van der Waals surface area contributed by atoms with Crippen molar-refractivity contribution in [3.05, 3.63) is 59.4 Å². The highest BCUT2D eigenvalue weighted by Gasteiger charge is 2.07. The molecule has 0 heterocycles. The second-order valence-electron chi connectivity index (χ2n) is 4.65. The van der Waals surface area contributed by atoms with E-state index in [0.717, 1.165) is 11.1 Å². The van der Waals surface area contributed by atoms with Crippen LogP contribution in [0.4, 0.5) is 4.39 Å². The molecule has 106 valence electrons. The third kappa shape index (κ3) is 3.48. The van der Waals surface area contributed by atoms with Crippen LogP contribution in [0.3, 0.4) is 0 Å². The van der Waals surface area contributed by atoms with E-state index in [9.17, 15) is 9.50 Å². The van der Waals surface area contributed by atoms with Gasteiger partial charge < -0.3 is 15.2 Å². The van der Waals surface area contributed by atoms with Crippen LogP contribution in [0.1, 0.15) is 24.1 Å². The Hall–Kier alpha value is -2.07. The van der Waals surface area contributed by atoms with E-state index >= 15 is 0 Å². The number of methoxy groups -OCH3 is 1. The molecular weight excluding hydrogens is 257 g/mol. The van der Waals surface area contributed by atoms with Crippen molar-refractivity contribution in [3.8, 4) is 11.5 Å². The molecule has 0 spiro atoms. The highest BCUT2D eigenvalue weighted by atomic mass is 19.1. The number of halogens is 1. The number of nitrogens with one attached hydrogen (secondary N) is 1. The molecule has 1 atom stereocenters. The molecule has 0 saturated heterocycles. The molecule has 0 saturated carbocycles. The Morgan fingerprint density at radius 1 is 1.20 bits per heavy atom. The summed E-state index contributed by atoms with van der Waals surface area (Å²) in [4.78, 5) is 0. The van der Waals surface area contributed by atoms with Crippen molar-refractivity contribution >= 4 is 0 Å². The Kier molecular flexibility index (Phi) is 4.58. The Labute approximate surface area is 118 Å². The summed E-state index contributed by atoms with van der Waals surface area (Å²) < 4.78 is 17.9. The smallest absolute Gasteiger partial charge is 0.123 e. The summed E-state index contributed by atoms with van der Waals surface area (Å²) in [6, 6.07) is 11.7. The lowest BCUT2D eigenvalue weighted by Gasteiger charge is -2.15. The molecule has 20 heavy (non-hydrogen) atoms. The maximum atomic E-state index is 12.9. The van der Waals surface area contributed by atoms with Crippen LogP contribution in [-0.4, -0.2) is 12.2 Å². The molecule has 2 rings (SSSR count). The lowest BCUT2D eigenvalue weighted by atomic mass is 10.1. The molecule has 2 aromatic rings. The van der Waals surface area contributed by atoms with Crippen molar-refractivity contribution in [1.82, 2.24) is 5.32 Å². The van der Waals surface area contributed by atoms with Crippen molar-refractivity contribution in [2.75, 3.05) is 7.11 Å². The van der Waals surface area contributed by atoms with Crippen molar-refractivity contribution in [1.29, 1.82) is 0 Å². The van der Waals surface area contributed by atoms with Gasteiger partial charge in [0.2, 0.25) is 0 Å². The number of hydrogen-bond acceptors (Lipinski definition) is 3. The molecule has 0 amide bonds. The van der Waals surface area contributed by atoms with Gasteiger partial charge in [0, 0.05) is 24.2 Å². The Bertz CT molecular complexity index is 569. The van der Waals surface area contributed by atoms with Gasteiger partial charge in [-0.05, 0) is 30.7 Å². The van der Waals surface area contributed by atoms with E-state index in [4.69, 9.17) is 4.74 Å². The Balaban J connectivity index is 1.99. The third-order valence-electron chi connectivity index (χ3n) is 3.26. The summed E-state index contributed by atoms with van der Waals surface area (Å²) in [5.41, 5.74) is 1.79. The standard InChI is InChI=1S/C16H18FNO2/c1-11(12-3-6-14(17)7-4-12)18-10-13-5-8-15(20-2)9-16(13)19/h3-9,11,18-19H,10H2,1-2H3. The first-order valence-corrected chi connectivity index (χ1v) is 6.45. The van der Waals surface area contributed by atoms with Crippen LogP contribution in [0, 0.1) is 5.82 Å². The normalized spacial score (nSPS) is 12.2. The highest BCUT2D eigenvalue weighted by molar-refractivity contribution is 5.39. The quantitative estimate of drug-likeness (QED) is 0.879. The molecule has 4 heteroatoms. The molecule has 0 bridgehead atoms. The van der Waals surface area contributed by atoms with Crippen LogP contribution in [0.25, 0.3) is 0 Å². The topological polar surface area (TPSA) is 41.5 Å². The van der Waals surface area contributed by atoms with Gasteiger partial charge >= 0.3 is 0 Å². The maximum Gasteiger partial charge on any atom is 0.123 e. The van der Waals surface area contributed by atoms with Crippen molar-refractivity contribution in [3.63, 3.8) is 0 Å². The molecule has 0 aliphatic heterocycles.